The summed E-state index contributed by atoms with van der Waals surface area (Å²) >= 11 is 0. The number of carbonyl (C=O) groups is 1. The lowest BCUT2D eigenvalue weighted by atomic mass is 10.2. The Morgan fingerprint density at radius 2 is 1.92 bits per heavy atom. The molecule has 0 fully saturated rings. The Morgan fingerprint density at radius 3 is 2.73 bits per heavy atom. The summed E-state index contributed by atoms with van der Waals surface area (Å²) in [4.78, 5) is 29.3. The number of hydrogen-bond donors (Lipinski definition) is 2. The molecule has 0 atom stereocenters. The molecule has 0 radical (unpaired) electrons. The van der Waals surface area contributed by atoms with E-state index in [2.05, 4.69) is 15.8 Å². The number of nitrogens with zero attached hydrogens (tertiary/aromatic N) is 2. The zero-order valence-corrected chi connectivity index (χ0v) is 14.0. The number of para-hydroxylation sites is 2. The Balaban J connectivity index is 1.62. The van der Waals surface area contributed by atoms with Crippen LogP contribution in [0.5, 0.6) is 0 Å². The Labute approximate surface area is 148 Å². The second-order valence-electron chi connectivity index (χ2n) is 5.73. The molecular weight excluding hydrogens is 332 g/mol. The van der Waals surface area contributed by atoms with Crippen LogP contribution >= 0.6 is 0 Å². The molecule has 7 heteroatoms. The second kappa shape index (κ2) is 6.36. The van der Waals surface area contributed by atoms with Crippen molar-refractivity contribution in [2.24, 2.45) is 0 Å². The van der Waals surface area contributed by atoms with Crippen LogP contribution in [0.15, 0.2) is 63.8 Å². The van der Waals surface area contributed by atoms with Crippen LogP contribution in [0.25, 0.3) is 21.9 Å². The van der Waals surface area contributed by atoms with Gasteiger partial charge >= 0.3 is 5.91 Å². The number of aromatic nitrogens is 2. The van der Waals surface area contributed by atoms with Gasteiger partial charge in [-0.1, -0.05) is 30.3 Å². The molecular formula is C19H16N4O3. The Morgan fingerprint density at radius 1 is 1.15 bits per heavy atom. The van der Waals surface area contributed by atoms with E-state index in [1.165, 1.54) is 4.57 Å². The third kappa shape index (κ3) is 2.69. The second-order valence-corrected chi connectivity index (χ2v) is 5.73. The van der Waals surface area contributed by atoms with Crippen molar-refractivity contribution in [3.63, 3.8) is 0 Å². The van der Waals surface area contributed by atoms with Crippen LogP contribution in [0.4, 0.5) is 5.95 Å². The minimum absolute atomic E-state index is 0.168. The highest BCUT2D eigenvalue weighted by Crippen LogP contribution is 2.18. The molecule has 0 aliphatic heterocycles. The van der Waals surface area contributed by atoms with Crippen molar-refractivity contribution in [1.82, 2.24) is 15.0 Å². The maximum absolute atomic E-state index is 12.6. The zero-order valence-electron chi connectivity index (χ0n) is 14.0. The number of hydrogen-bond acceptors (Lipinski definition) is 5. The SMILES string of the molecule is CCn1c(NNC(=O)c2cc3ccccc3o2)nc2ccccc2c1=O. The third-order valence-corrected chi connectivity index (χ3v) is 4.12. The molecule has 0 bridgehead atoms. The van der Waals surface area contributed by atoms with Gasteiger partial charge in [-0.3, -0.25) is 25.0 Å². The summed E-state index contributed by atoms with van der Waals surface area (Å²) in [5.41, 5.74) is 6.29. The molecule has 0 aliphatic rings. The molecule has 2 N–H and O–H groups in total. The first-order chi connectivity index (χ1) is 12.7. The van der Waals surface area contributed by atoms with Crippen molar-refractivity contribution in [2.45, 2.75) is 13.5 Å². The minimum atomic E-state index is -0.453. The molecule has 4 rings (SSSR count). The molecule has 26 heavy (non-hydrogen) atoms. The fraction of sp³-hybridized carbons (Fsp3) is 0.105. The summed E-state index contributed by atoms with van der Waals surface area (Å²) in [6.07, 6.45) is 0. The van der Waals surface area contributed by atoms with E-state index in [0.29, 0.717) is 23.0 Å². The fourth-order valence-corrected chi connectivity index (χ4v) is 2.82. The van der Waals surface area contributed by atoms with Crippen molar-refractivity contribution in [3.05, 3.63) is 70.7 Å². The average Bonchev–Trinajstić information content (AvgIpc) is 3.10. The highest BCUT2D eigenvalue weighted by molar-refractivity contribution is 5.96. The standard InChI is InChI=1S/C19H16N4O3/c1-2-23-18(25)13-8-4-5-9-14(13)20-19(23)22-21-17(24)16-11-12-7-3-6-10-15(12)26-16/h3-11H,2H2,1H3,(H,20,22)(H,21,24). The predicted molar refractivity (Wildman–Crippen MR) is 99.0 cm³/mol. The lowest BCUT2D eigenvalue weighted by Crippen LogP contribution is -2.34. The Hall–Kier alpha value is -3.61. The molecule has 0 aliphatic carbocycles. The minimum Gasteiger partial charge on any atom is -0.451 e. The van der Waals surface area contributed by atoms with E-state index in [-0.39, 0.29) is 17.3 Å². The van der Waals surface area contributed by atoms with Crippen LogP contribution in [0.1, 0.15) is 17.5 Å². The van der Waals surface area contributed by atoms with Gasteiger partial charge in [0.15, 0.2) is 5.76 Å². The number of hydrazine groups is 1. The monoisotopic (exact) mass is 348 g/mol. The van der Waals surface area contributed by atoms with Gasteiger partial charge in [-0.25, -0.2) is 4.98 Å². The molecule has 7 nitrogen and oxygen atoms in total. The summed E-state index contributed by atoms with van der Waals surface area (Å²) in [6.45, 7) is 2.25. The summed E-state index contributed by atoms with van der Waals surface area (Å²) in [7, 11) is 0. The molecule has 0 saturated heterocycles. The van der Waals surface area contributed by atoms with Gasteiger partial charge in [-0.2, -0.15) is 0 Å². The van der Waals surface area contributed by atoms with Gasteiger partial charge in [0.05, 0.1) is 10.9 Å². The van der Waals surface area contributed by atoms with Crippen molar-refractivity contribution in [1.29, 1.82) is 0 Å². The van der Waals surface area contributed by atoms with E-state index >= 15 is 0 Å². The molecule has 0 spiro atoms. The number of rotatable bonds is 4. The zero-order chi connectivity index (χ0) is 18.1. The lowest BCUT2D eigenvalue weighted by molar-refractivity contribution is 0.0937. The summed E-state index contributed by atoms with van der Waals surface area (Å²) < 4.78 is 6.99. The topological polar surface area (TPSA) is 89.2 Å². The van der Waals surface area contributed by atoms with Crippen molar-refractivity contribution >= 4 is 33.7 Å². The van der Waals surface area contributed by atoms with Crippen molar-refractivity contribution < 1.29 is 9.21 Å². The summed E-state index contributed by atoms with van der Waals surface area (Å²) in [6, 6.07) is 16.1. The van der Waals surface area contributed by atoms with E-state index in [1.807, 2.05) is 31.2 Å². The van der Waals surface area contributed by atoms with Crippen LogP contribution in [0, 0.1) is 0 Å². The lowest BCUT2D eigenvalue weighted by Gasteiger charge is -2.13. The maximum atomic E-state index is 12.6. The Kier molecular flexibility index (Phi) is 3.89. The fourth-order valence-electron chi connectivity index (χ4n) is 2.82. The van der Waals surface area contributed by atoms with Crippen LogP contribution in [-0.4, -0.2) is 15.5 Å². The van der Waals surface area contributed by atoms with Crippen molar-refractivity contribution in [3.8, 4) is 0 Å². The van der Waals surface area contributed by atoms with Crippen LogP contribution in [0.3, 0.4) is 0 Å². The predicted octanol–water partition coefficient (Wildman–Crippen LogP) is 2.92. The first-order valence-corrected chi connectivity index (χ1v) is 8.22. The number of fused-ring (bicyclic) bond motifs is 2. The summed E-state index contributed by atoms with van der Waals surface area (Å²) in [5, 5.41) is 1.37. The largest absolute Gasteiger partial charge is 0.451 e. The molecule has 2 aromatic carbocycles. The molecule has 0 unspecified atom stereocenters. The molecule has 130 valence electrons. The van der Waals surface area contributed by atoms with Gasteiger partial charge in [0, 0.05) is 11.9 Å². The van der Waals surface area contributed by atoms with E-state index < -0.39 is 5.91 Å². The van der Waals surface area contributed by atoms with Gasteiger partial charge in [0.2, 0.25) is 5.95 Å². The molecule has 2 heterocycles. The van der Waals surface area contributed by atoms with Crippen LogP contribution in [-0.2, 0) is 6.54 Å². The number of benzene rings is 2. The normalized spacial score (nSPS) is 11.0. The first-order valence-electron chi connectivity index (χ1n) is 8.22. The van der Waals surface area contributed by atoms with E-state index in [0.717, 1.165) is 5.39 Å². The van der Waals surface area contributed by atoms with Gasteiger partial charge in [0.25, 0.3) is 5.56 Å². The van der Waals surface area contributed by atoms with Gasteiger partial charge in [0.1, 0.15) is 5.58 Å². The van der Waals surface area contributed by atoms with Crippen LogP contribution in [0.2, 0.25) is 0 Å². The van der Waals surface area contributed by atoms with Crippen LogP contribution < -0.4 is 16.4 Å². The maximum Gasteiger partial charge on any atom is 0.305 e. The average molecular weight is 348 g/mol. The number of nitrogens with one attached hydrogen (secondary N) is 2. The quantitative estimate of drug-likeness (QED) is 0.554. The Bertz CT molecular complexity index is 1140. The van der Waals surface area contributed by atoms with Crippen molar-refractivity contribution in [2.75, 3.05) is 5.43 Å². The smallest absolute Gasteiger partial charge is 0.305 e. The molecule has 2 aromatic heterocycles. The molecule has 4 aromatic rings. The van der Waals surface area contributed by atoms with Gasteiger partial charge < -0.3 is 4.42 Å². The highest BCUT2D eigenvalue weighted by atomic mass is 16.3. The third-order valence-electron chi connectivity index (χ3n) is 4.12. The van der Waals surface area contributed by atoms with E-state index in [9.17, 15) is 9.59 Å². The first kappa shape index (κ1) is 15.9. The van der Waals surface area contributed by atoms with Gasteiger partial charge in [-0.15, -0.1) is 0 Å². The molecule has 0 saturated carbocycles. The number of anilines is 1. The molecule has 1 amide bonds. The highest BCUT2D eigenvalue weighted by Gasteiger charge is 2.14. The number of amides is 1. The number of furan rings is 1. The van der Waals surface area contributed by atoms with E-state index in [1.54, 1.807) is 30.3 Å². The van der Waals surface area contributed by atoms with Gasteiger partial charge in [-0.05, 0) is 31.2 Å². The van der Waals surface area contributed by atoms with E-state index in [4.69, 9.17) is 4.42 Å². The number of carbonyl (C=O) groups excluding carboxylic acids is 1. The summed E-state index contributed by atoms with van der Waals surface area (Å²) in [5.74, 6) is -0.0168.